The second-order valence-corrected chi connectivity index (χ2v) is 11.6. The number of ether oxygens (including phenoxy) is 2. The molecule has 0 amide bonds. The van der Waals surface area contributed by atoms with Crippen LogP contribution < -0.4 is 0 Å². The topological polar surface area (TPSA) is 55.8 Å². The van der Waals surface area contributed by atoms with Crippen molar-refractivity contribution in [3.05, 3.63) is 41.3 Å². The third-order valence-corrected chi connectivity index (χ3v) is 8.89. The van der Waals surface area contributed by atoms with Gasteiger partial charge in [-0.2, -0.15) is 4.31 Å². The summed E-state index contributed by atoms with van der Waals surface area (Å²) in [5.41, 5.74) is 0.659. The van der Waals surface area contributed by atoms with Gasteiger partial charge in [0.25, 0.3) is 0 Å². The summed E-state index contributed by atoms with van der Waals surface area (Å²) in [6.07, 6.45) is 0. The van der Waals surface area contributed by atoms with E-state index in [0.717, 1.165) is 14.7 Å². The number of sulfonamides is 1. The lowest BCUT2D eigenvalue weighted by Crippen LogP contribution is -2.30. The summed E-state index contributed by atoms with van der Waals surface area (Å²) < 4.78 is 39.6. The van der Waals surface area contributed by atoms with Crippen molar-refractivity contribution >= 4 is 33.1 Å². The zero-order valence-electron chi connectivity index (χ0n) is 16.9. The molecule has 1 unspecified atom stereocenters. The zero-order valence-corrected chi connectivity index (χ0v) is 19.3. The first-order valence-electron chi connectivity index (χ1n) is 9.31. The monoisotopic (exact) mass is 441 g/mol. The number of benzene rings is 1. The predicted octanol–water partition coefficient (Wildman–Crippen LogP) is 4.93. The summed E-state index contributed by atoms with van der Waals surface area (Å²) in [6, 6.07) is 9.21. The van der Waals surface area contributed by atoms with Gasteiger partial charge in [-0.1, -0.05) is 25.6 Å². The van der Waals surface area contributed by atoms with E-state index in [4.69, 9.17) is 9.47 Å². The molecule has 0 aliphatic carbocycles. The van der Waals surface area contributed by atoms with Crippen LogP contribution in [-0.4, -0.2) is 38.2 Å². The van der Waals surface area contributed by atoms with Gasteiger partial charge < -0.3 is 9.47 Å². The van der Waals surface area contributed by atoms with Crippen molar-refractivity contribution < 1.29 is 17.9 Å². The van der Waals surface area contributed by atoms with Crippen LogP contribution in [0.4, 0.5) is 0 Å². The Balaban J connectivity index is 1.73. The quantitative estimate of drug-likeness (QED) is 0.610. The fraction of sp³-hybridized carbons (Fsp3) is 0.500. The third-order valence-electron chi connectivity index (χ3n) is 4.74. The van der Waals surface area contributed by atoms with Crippen LogP contribution in [0.2, 0.25) is 0 Å². The van der Waals surface area contributed by atoms with E-state index in [-0.39, 0.29) is 0 Å². The van der Waals surface area contributed by atoms with Gasteiger partial charge in [0.15, 0.2) is 5.79 Å². The first kappa shape index (κ1) is 21.8. The highest BCUT2D eigenvalue weighted by Crippen LogP contribution is 2.42. The first-order valence-corrected chi connectivity index (χ1v) is 12.4. The molecule has 0 saturated carbocycles. The number of nitrogens with zero attached hydrogens (tertiary/aromatic N) is 1. The van der Waals surface area contributed by atoms with Gasteiger partial charge in [-0.05, 0) is 62.0 Å². The Morgan fingerprint density at radius 2 is 1.79 bits per heavy atom. The molecule has 1 aromatic carbocycles. The van der Waals surface area contributed by atoms with Crippen molar-refractivity contribution in [1.29, 1.82) is 0 Å². The second-order valence-electron chi connectivity index (χ2n) is 7.34. The molecule has 3 rings (SSSR count). The summed E-state index contributed by atoms with van der Waals surface area (Å²) in [7, 11) is -3.42. The Morgan fingerprint density at radius 1 is 1.14 bits per heavy atom. The van der Waals surface area contributed by atoms with Gasteiger partial charge >= 0.3 is 0 Å². The minimum atomic E-state index is -3.42. The van der Waals surface area contributed by atoms with Crippen LogP contribution in [0.1, 0.15) is 40.2 Å². The molecular weight excluding hydrogens is 414 g/mol. The Morgan fingerprint density at radius 3 is 2.32 bits per heavy atom. The van der Waals surface area contributed by atoms with Gasteiger partial charge in [-0.3, -0.25) is 0 Å². The maximum absolute atomic E-state index is 12.6. The average Bonchev–Trinajstić information content (AvgIpc) is 3.21. The standard InChI is InChI=1S/C20H27NO4S3/c1-6-21(7-2)28(22,23)17-10-8-16(9-11-17)27-18-12-15(13-26-18)20(5)14-24-19(3,4)25-20/h8-13H,6-7,14H2,1-5H3. The van der Waals surface area contributed by atoms with Crippen LogP contribution in [-0.2, 0) is 25.1 Å². The predicted molar refractivity (Wildman–Crippen MR) is 113 cm³/mol. The summed E-state index contributed by atoms with van der Waals surface area (Å²) in [6.45, 7) is 11.1. The SMILES string of the molecule is CCN(CC)S(=O)(=O)c1ccc(Sc2cc(C3(C)COC(C)(C)O3)cs2)cc1. The molecule has 0 bridgehead atoms. The van der Waals surface area contributed by atoms with Gasteiger partial charge in [0.05, 0.1) is 15.7 Å². The van der Waals surface area contributed by atoms with Crippen molar-refractivity contribution in [2.45, 2.75) is 60.0 Å². The Kier molecular flexibility index (Phi) is 6.29. The van der Waals surface area contributed by atoms with Crippen LogP contribution in [0, 0.1) is 0 Å². The van der Waals surface area contributed by atoms with Crippen molar-refractivity contribution in [1.82, 2.24) is 4.31 Å². The molecule has 1 fully saturated rings. The van der Waals surface area contributed by atoms with Crippen molar-refractivity contribution in [3.8, 4) is 0 Å². The molecule has 1 aliphatic heterocycles. The fourth-order valence-corrected chi connectivity index (χ4v) is 6.74. The lowest BCUT2D eigenvalue weighted by Gasteiger charge is -2.24. The molecule has 28 heavy (non-hydrogen) atoms. The van der Waals surface area contributed by atoms with Crippen molar-refractivity contribution in [2.75, 3.05) is 19.7 Å². The molecule has 2 heterocycles. The number of hydrogen-bond donors (Lipinski definition) is 0. The van der Waals surface area contributed by atoms with Gasteiger partial charge in [-0.15, -0.1) is 11.3 Å². The molecular formula is C20H27NO4S3. The highest BCUT2D eigenvalue weighted by molar-refractivity contribution is 8.01. The van der Waals surface area contributed by atoms with Crippen LogP contribution in [0.25, 0.3) is 0 Å². The van der Waals surface area contributed by atoms with Crippen LogP contribution in [0.3, 0.4) is 0 Å². The molecule has 0 spiro atoms. The van der Waals surface area contributed by atoms with E-state index in [9.17, 15) is 8.42 Å². The molecule has 5 nitrogen and oxygen atoms in total. The van der Waals surface area contributed by atoms with Crippen molar-refractivity contribution in [2.24, 2.45) is 0 Å². The summed E-state index contributed by atoms with van der Waals surface area (Å²) >= 11 is 3.27. The van der Waals surface area contributed by atoms with E-state index < -0.39 is 21.4 Å². The van der Waals surface area contributed by atoms with Crippen LogP contribution in [0.5, 0.6) is 0 Å². The van der Waals surface area contributed by atoms with Crippen LogP contribution >= 0.6 is 23.1 Å². The van der Waals surface area contributed by atoms with E-state index in [1.165, 1.54) is 4.31 Å². The highest BCUT2D eigenvalue weighted by Gasteiger charge is 2.43. The lowest BCUT2D eigenvalue weighted by atomic mass is 10.0. The van der Waals surface area contributed by atoms with Gasteiger partial charge in [0, 0.05) is 18.0 Å². The number of hydrogen-bond acceptors (Lipinski definition) is 6. The average molecular weight is 442 g/mol. The van der Waals surface area contributed by atoms with Gasteiger partial charge in [0.2, 0.25) is 10.0 Å². The fourth-order valence-electron chi connectivity index (χ4n) is 3.21. The van der Waals surface area contributed by atoms with E-state index in [1.807, 2.05) is 46.8 Å². The molecule has 1 aromatic heterocycles. The number of thiophene rings is 1. The minimum Gasteiger partial charge on any atom is -0.347 e. The smallest absolute Gasteiger partial charge is 0.243 e. The van der Waals surface area contributed by atoms with E-state index >= 15 is 0 Å². The molecule has 154 valence electrons. The lowest BCUT2D eigenvalue weighted by molar-refractivity contribution is -0.159. The zero-order chi connectivity index (χ0) is 20.6. The highest BCUT2D eigenvalue weighted by atomic mass is 32.2. The number of rotatable bonds is 7. The second kappa shape index (κ2) is 8.08. The molecule has 0 N–H and O–H groups in total. The first-order chi connectivity index (χ1) is 13.1. The minimum absolute atomic E-state index is 0.332. The Labute approximate surface area is 176 Å². The van der Waals surface area contributed by atoms with E-state index in [2.05, 4.69) is 11.4 Å². The summed E-state index contributed by atoms with van der Waals surface area (Å²) in [5, 5.41) is 2.10. The summed E-state index contributed by atoms with van der Waals surface area (Å²) in [5.74, 6) is -0.573. The maximum Gasteiger partial charge on any atom is 0.243 e. The molecule has 1 atom stereocenters. The largest absolute Gasteiger partial charge is 0.347 e. The molecule has 8 heteroatoms. The molecule has 1 saturated heterocycles. The van der Waals surface area contributed by atoms with Crippen LogP contribution in [0.15, 0.2) is 49.7 Å². The van der Waals surface area contributed by atoms with Gasteiger partial charge in [-0.25, -0.2) is 8.42 Å². The Bertz CT molecular complexity index is 917. The third kappa shape index (κ3) is 4.47. The molecule has 2 aromatic rings. The van der Waals surface area contributed by atoms with E-state index in [0.29, 0.717) is 24.6 Å². The van der Waals surface area contributed by atoms with Crippen molar-refractivity contribution in [3.63, 3.8) is 0 Å². The Hall–Kier alpha value is -0.900. The summed E-state index contributed by atoms with van der Waals surface area (Å²) in [4.78, 5) is 1.33. The molecule has 1 aliphatic rings. The normalized spacial score (nSPS) is 22.1. The van der Waals surface area contributed by atoms with Gasteiger partial charge in [0.1, 0.15) is 5.60 Å². The maximum atomic E-state index is 12.6. The molecule has 0 radical (unpaired) electrons. The van der Waals surface area contributed by atoms with E-state index in [1.54, 1.807) is 35.2 Å².